The molecule has 0 amide bonds. The van der Waals surface area contributed by atoms with Crippen molar-refractivity contribution in [1.29, 1.82) is 0 Å². The summed E-state index contributed by atoms with van der Waals surface area (Å²) in [5.74, 6) is 0. The summed E-state index contributed by atoms with van der Waals surface area (Å²) >= 11 is -0.0963. The molecule has 0 aromatic heterocycles. The van der Waals surface area contributed by atoms with Crippen molar-refractivity contribution >= 4 is 32.8 Å². The van der Waals surface area contributed by atoms with Crippen LogP contribution < -0.4 is 0 Å². The standard InChI is InChI=1S/C6H11.C2H.ClH.Mg/c1-2-4-6-5-3-1;1-2;;/h1H,2-6H2;1H;1H;. The Balaban J connectivity index is 0.000000810. The van der Waals surface area contributed by atoms with Gasteiger partial charge in [-0.15, -0.1) is 16.5 Å². The van der Waals surface area contributed by atoms with Gasteiger partial charge in [-0.05, 0) is 0 Å². The molecular formula is C8H13ClMg. The van der Waals surface area contributed by atoms with Crippen LogP contribution in [0, 0.1) is 10.5 Å². The van der Waals surface area contributed by atoms with Crippen molar-refractivity contribution in [3.05, 3.63) is 0 Å². The molecule has 0 aromatic rings. The second-order valence-corrected chi connectivity index (χ2v) is 4.88. The van der Waals surface area contributed by atoms with Gasteiger partial charge in [0.05, 0.1) is 0 Å². The van der Waals surface area contributed by atoms with E-state index in [1.165, 1.54) is 32.1 Å². The zero-order chi connectivity index (χ0) is 6.53. The molecule has 0 heterocycles. The predicted octanol–water partition coefficient (Wildman–Crippen LogP) is 2.46. The number of rotatable bonds is 1. The summed E-state index contributed by atoms with van der Waals surface area (Å²) in [6, 6.07) is 0. The Labute approximate surface area is 79.3 Å². The third kappa shape index (κ3) is 3.70. The van der Waals surface area contributed by atoms with Crippen molar-refractivity contribution in [3.63, 3.8) is 0 Å². The summed E-state index contributed by atoms with van der Waals surface area (Å²) in [6.07, 6.45) is 12.5. The molecule has 2 heteroatoms. The maximum Gasteiger partial charge on any atom is 0.481 e. The summed E-state index contributed by atoms with van der Waals surface area (Å²) in [5.41, 5.74) is 0. The van der Waals surface area contributed by atoms with Crippen LogP contribution in [0.15, 0.2) is 0 Å². The fourth-order valence-corrected chi connectivity index (χ4v) is 2.88. The van der Waals surface area contributed by atoms with Crippen LogP contribution in [0.2, 0.25) is 4.05 Å². The van der Waals surface area contributed by atoms with Gasteiger partial charge in [-0.2, -0.15) is 6.42 Å². The van der Waals surface area contributed by atoms with E-state index in [-0.39, 0.29) is 32.8 Å². The van der Waals surface area contributed by atoms with Crippen LogP contribution in [0.25, 0.3) is 0 Å². The molecule has 0 nitrogen and oxygen atoms in total. The molecule has 0 bridgehead atoms. The SMILES string of the molecule is C#[C][Mg][CH]1CCCCC1.Cl. The lowest BCUT2D eigenvalue weighted by atomic mass is 10.00. The van der Waals surface area contributed by atoms with Crippen LogP contribution in [0.4, 0.5) is 0 Å². The van der Waals surface area contributed by atoms with Gasteiger partial charge >= 0.3 is 20.4 Å². The second-order valence-electron chi connectivity index (χ2n) is 2.91. The number of halogens is 1. The number of terminal acetylenes is 1. The quantitative estimate of drug-likeness (QED) is 0.417. The Bertz CT molecular complexity index is 111. The monoisotopic (exact) mass is 168 g/mol. The van der Waals surface area contributed by atoms with Gasteiger partial charge in [-0.1, -0.05) is 32.1 Å². The fourth-order valence-electron chi connectivity index (χ4n) is 1.56. The van der Waals surface area contributed by atoms with Crippen LogP contribution in [0.3, 0.4) is 0 Å². The minimum absolute atomic E-state index is 0. The Morgan fingerprint density at radius 2 is 1.80 bits per heavy atom. The minimum atomic E-state index is -0.0963. The third-order valence-corrected chi connectivity index (χ3v) is 3.76. The maximum atomic E-state index is 5.27. The number of hydrogen-bond acceptors (Lipinski definition) is 0. The zero-order valence-corrected chi connectivity index (χ0v) is 8.54. The smallest absolute Gasteiger partial charge is 0.280 e. The van der Waals surface area contributed by atoms with Crippen LogP contribution in [0.1, 0.15) is 32.1 Å². The molecule has 10 heavy (non-hydrogen) atoms. The molecule has 1 saturated carbocycles. The normalized spacial score (nSPS) is 18.3. The van der Waals surface area contributed by atoms with Crippen molar-refractivity contribution < 1.29 is 0 Å². The Morgan fingerprint density at radius 3 is 2.30 bits per heavy atom. The first kappa shape index (κ1) is 10.6. The molecule has 1 fully saturated rings. The molecule has 1 rings (SSSR count). The average molecular weight is 169 g/mol. The summed E-state index contributed by atoms with van der Waals surface area (Å²) in [6.45, 7) is 0. The summed E-state index contributed by atoms with van der Waals surface area (Å²) in [7, 11) is 0. The molecule has 0 spiro atoms. The molecular weight excluding hydrogens is 156 g/mol. The Hall–Kier alpha value is 0.616. The van der Waals surface area contributed by atoms with Crippen LogP contribution in [0.5, 0.6) is 0 Å². The highest BCUT2D eigenvalue weighted by molar-refractivity contribution is 6.47. The highest BCUT2D eigenvalue weighted by atomic mass is 35.5. The van der Waals surface area contributed by atoms with Crippen LogP contribution in [-0.2, 0) is 0 Å². The fraction of sp³-hybridized carbons (Fsp3) is 0.750. The van der Waals surface area contributed by atoms with Gasteiger partial charge in [0, 0.05) is 0 Å². The van der Waals surface area contributed by atoms with Crippen molar-refractivity contribution in [1.82, 2.24) is 0 Å². The van der Waals surface area contributed by atoms with Gasteiger partial charge in [0.1, 0.15) is 0 Å². The lowest BCUT2D eigenvalue weighted by Crippen LogP contribution is -2.06. The molecule has 54 valence electrons. The molecule has 0 unspecified atom stereocenters. The first-order valence-corrected chi connectivity index (χ1v) is 5.39. The van der Waals surface area contributed by atoms with Gasteiger partial charge in [0.15, 0.2) is 0 Å². The van der Waals surface area contributed by atoms with Crippen LogP contribution in [-0.4, -0.2) is 20.4 Å². The van der Waals surface area contributed by atoms with E-state index < -0.39 is 0 Å². The maximum absolute atomic E-state index is 5.27. The number of hydrogen-bond donors (Lipinski definition) is 0. The molecule has 1 aliphatic rings. The lowest BCUT2D eigenvalue weighted by Gasteiger charge is -2.18. The van der Waals surface area contributed by atoms with E-state index in [4.69, 9.17) is 6.42 Å². The topological polar surface area (TPSA) is 0 Å². The van der Waals surface area contributed by atoms with Crippen molar-refractivity contribution in [2.24, 2.45) is 0 Å². The molecule has 1 aliphatic carbocycles. The van der Waals surface area contributed by atoms with E-state index in [0.717, 1.165) is 4.05 Å². The lowest BCUT2D eigenvalue weighted by molar-refractivity contribution is 0.502. The Kier molecular flexibility index (Phi) is 6.72. The molecule has 0 radical (unpaired) electrons. The average Bonchev–Trinajstić information content (AvgIpc) is 1.91. The second kappa shape index (κ2) is 6.33. The van der Waals surface area contributed by atoms with E-state index >= 15 is 0 Å². The highest BCUT2D eigenvalue weighted by Gasteiger charge is 2.13. The van der Waals surface area contributed by atoms with E-state index in [9.17, 15) is 0 Å². The molecule has 0 aliphatic heterocycles. The zero-order valence-electron chi connectivity index (χ0n) is 6.31. The van der Waals surface area contributed by atoms with E-state index in [0.29, 0.717) is 0 Å². The summed E-state index contributed by atoms with van der Waals surface area (Å²) in [4.78, 5) is 0. The van der Waals surface area contributed by atoms with E-state index in [1.807, 2.05) is 0 Å². The van der Waals surface area contributed by atoms with Gasteiger partial charge < -0.3 is 0 Å². The van der Waals surface area contributed by atoms with Crippen molar-refractivity contribution in [2.45, 2.75) is 36.2 Å². The molecule has 0 atom stereocenters. The molecule has 0 N–H and O–H groups in total. The van der Waals surface area contributed by atoms with Gasteiger partial charge in [0.25, 0.3) is 0 Å². The van der Waals surface area contributed by atoms with Gasteiger partial charge in [-0.25, -0.2) is 0 Å². The predicted molar refractivity (Wildman–Crippen MR) is 48.7 cm³/mol. The van der Waals surface area contributed by atoms with Crippen LogP contribution >= 0.6 is 12.4 Å². The van der Waals surface area contributed by atoms with Crippen molar-refractivity contribution in [3.8, 4) is 10.5 Å². The highest BCUT2D eigenvalue weighted by Crippen LogP contribution is 2.26. The molecule has 0 saturated heterocycles. The first-order valence-electron chi connectivity index (χ1n) is 3.87. The first-order chi connectivity index (χ1) is 4.43. The van der Waals surface area contributed by atoms with Gasteiger partial charge in [0.2, 0.25) is 0 Å². The summed E-state index contributed by atoms with van der Waals surface area (Å²) in [5, 5.41) is 0. The van der Waals surface area contributed by atoms with E-state index in [2.05, 4.69) is 4.05 Å². The van der Waals surface area contributed by atoms with Gasteiger partial charge in [-0.3, -0.25) is 4.05 Å². The van der Waals surface area contributed by atoms with Crippen molar-refractivity contribution in [2.75, 3.05) is 0 Å². The Morgan fingerprint density at radius 1 is 1.20 bits per heavy atom. The minimum Gasteiger partial charge on any atom is -0.280 e. The third-order valence-electron chi connectivity index (χ3n) is 2.13. The van der Waals surface area contributed by atoms with E-state index in [1.54, 1.807) is 0 Å². The summed E-state index contributed by atoms with van der Waals surface area (Å²) < 4.78 is 3.88. The molecule has 0 aromatic carbocycles. The largest absolute Gasteiger partial charge is 0.481 e.